The van der Waals surface area contributed by atoms with E-state index in [9.17, 15) is 4.79 Å². The molecule has 0 radical (unpaired) electrons. The third-order valence-corrected chi connectivity index (χ3v) is 7.37. The number of nitrogens with zero attached hydrogens (tertiary/aromatic N) is 1. The van der Waals surface area contributed by atoms with E-state index in [1.807, 2.05) is 42.5 Å². The molecule has 0 spiro atoms. The fraction of sp³-hybridized carbons (Fsp3) is 0.367. The van der Waals surface area contributed by atoms with Crippen LogP contribution in [0.3, 0.4) is 0 Å². The highest BCUT2D eigenvalue weighted by molar-refractivity contribution is 5.79. The van der Waals surface area contributed by atoms with Crippen molar-refractivity contribution in [2.24, 2.45) is 5.41 Å². The van der Waals surface area contributed by atoms with Gasteiger partial charge < -0.3 is 14.2 Å². The summed E-state index contributed by atoms with van der Waals surface area (Å²) in [5, 5.41) is 0. The number of ether oxygens (including phenoxy) is 3. The van der Waals surface area contributed by atoms with E-state index >= 15 is 0 Å². The predicted molar refractivity (Wildman–Crippen MR) is 140 cm³/mol. The third kappa shape index (κ3) is 5.21. The second kappa shape index (κ2) is 11.8. The Morgan fingerprint density at radius 1 is 0.919 bits per heavy atom. The fourth-order valence-electron chi connectivity index (χ4n) is 5.57. The zero-order valence-electron chi connectivity index (χ0n) is 22.1. The number of rotatable bonds is 10. The molecule has 0 aromatic heterocycles. The number of hydrogen-bond acceptors (Lipinski definition) is 7. The van der Waals surface area contributed by atoms with Crippen molar-refractivity contribution in [1.29, 1.82) is 0 Å². The number of methoxy groups -OCH3 is 3. The molecule has 4 rings (SSSR count). The molecule has 37 heavy (non-hydrogen) atoms. The zero-order valence-corrected chi connectivity index (χ0v) is 22.1. The lowest BCUT2D eigenvalue weighted by Crippen LogP contribution is -2.43. The van der Waals surface area contributed by atoms with Crippen molar-refractivity contribution in [3.05, 3.63) is 95.1 Å². The molecular formula is C30H35NO6. The minimum Gasteiger partial charge on any atom is -0.497 e. The van der Waals surface area contributed by atoms with Gasteiger partial charge in [0.05, 0.1) is 34.5 Å². The van der Waals surface area contributed by atoms with Gasteiger partial charge in [0.1, 0.15) is 23.5 Å². The van der Waals surface area contributed by atoms with E-state index in [2.05, 4.69) is 42.2 Å². The Kier molecular flexibility index (Phi) is 8.48. The van der Waals surface area contributed by atoms with Gasteiger partial charge in [-0.25, -0.2) is 9.78 Å². The maximum atomic E-state index is 13.7. The quantitative estimate of drug-likeness (QED) is 0.207. The van der Waals surface area contributed by atoms with E-state index in [4.69, 9.17) is 24.0 Å². The van der Waals surface area contributed by atoms with Crippen molar-refractivity contribution in [1.82, 2.24) is 4.90 Å². The van der Waals surface area contributed by atoms with Gasteiger partial charge in [0.25, 0.3) is 0 Å². The van der Waals surface area contributed by atoms with E-state index in [1.54, 1.807) is 14.2 Å². The monoisotopic (exact) mass is 505 g/mol. The fourth-order valence-corrected chi connectivity index (χ4v) is 5.57. The molecule has 196 valence electrons. The van der Waals surface area contributed by atoms with Gasteiger partial charge in [0.2, 0.25) is 0 Å². The molecule has 1 unspecified atom stereocenters. The summed E-state index contributed by atoms with van der Waals surface area (Å²) in [6.07, 6.45) is 0.476. The lowest BCUT2D eigenvalue weighted by molar-refractivity contribution is -0.291. The molecule has 3 atom stereocenters. The molecule has 3 aromatic carbocycles. The van der Waals surface area contributed by atoms with Crippen LogP contribution in [-0.4, -0.2) is 45.9 Å². The molecule has 0 bridgehead atoms. The Hall–Kier alpha value is -3.39. The molecule has 3 aromatic rings. The van der Waals surface area contributed by atoms with E-state index < -0.39 is 5.41 Å². The second-order valence-corrected chi connectivity index (χ2v) is 9.31. The van der Waals surface area contributed by atoms with Gasteiger partial charge in [0, 0.05) is 18.2 Å². The van der Waals surface area contributed by atoms with Gasteiger partial charge in [-0.2, -0.15) is 0 Å². The van der Waals surface area contributed by atoms with Gasteiger partial charge >= 0.3 is 5.97 Å². The summed E-state index contributed by atoms with van der Waals surface area (Å²) in [7, 11) is 6.21. The highest BCUT2D eigenvalue weighted by Crippen LogP contribution is 2.57. The number of benzene rings is 3. The number of aryl methyl sites for hydroxylation is 1. The molecule has 0 aliphatic carbocycles. The largest absolute Gasteiger partial charge is 0.497 e. The molecule has 1 aliphatic heterocycles. The smallest absolute Gasteiger partial charge is 0.316 e. The summed E-state index contributed by atoms with van der Waals surface area (Å²) in [6.45, 7) is 2.66. The summed E-state index contributed by atoms with van der Waals surface area (Å²) in [6, 6.07) is 23.6. The topological polar surface area (TPSA) is 66.5 Å². The summed E-state index contributed by atoms with van der Waals surface area (Å²) < 4.78 is 16.5. The van der Waals surface area contributed by atoms with Crippen molar-refractivity contribution >= 4 is 5.97 Å². The summed E-state index contributed by atoms with van der Waals surface area (Å²) >= 11 is 0. The molecule has 0 N–H and O–H groups in total. The van der Waals surface area contributed by atoms with E-state index in [-0.39, 0.29) is 24.7 Å². The standard InChI is InChI=1S/C30H35NO6/c1-21-10-6-8-12-25(21)28-30(20-37-36-5,29(32)35-4)18-26(22-14-16-24(33-2)17-15-22)31(28)19-23-11-7-9-13-27(23)34-3/h6-17,26,28H,18-20H2,1-5H3/t26-,28-,30?/m1/s1. The zero-order chi connectivity index (χ0) is 26.4. The molecular weight excluding hydrogens is 470 g/mol. The van der Waals surface area contributed by atoms with Crippen molar-refractivity contribution in [3.8, 4) is 11.5 Å². The summed E-state index contributed by atoms with van der Waals surface area (Å²) in [5.74, 6) is 1.23. The van der Waals surface area contributed by atoms with Gasteiger partial charge in [0.15, 0.2) is 0 Å². The Morgan fingerprint density at radius 3 is 2.27 bits per heavy atom. The first-order valence-electron chi connectivity index (χ1n) is 12.3. The average Bonchev–Trinajstić information content (AvgIpc) is 3.26. The number of esters is 1. The van der Waals surface area contributed by atoms with Crippen LogP contribution < -0.4 is 9.47 Å². The van der Waals surface area contributed by atoms with Crippen molar-refractivity contribution in [2.45, 2.75) is 32.0 Å². The number of carbonyl (C=O) groups is 1. The van der Waals surface area contributed by atoms with Crippen molar-refractivity contribution < 1.29 is 28.8 Å². The van der Waals surface area contributed by atoms with Gasteiger partial charge in [-0.3, -0.25) is 9.69 Å². The normalized spacial score (nSPS) is 21.5. The minimum absolute atomic E-state index is 0.0459. The molecule has 1 saturated heterocycles. The highest BCUT2D eigenvalue weighted by Gasteiger charge is 2.59. The number of carbonyl (C=O) groups excluding carboxylic acids is 1. The van der Waals surface area contributed by atoms with Crippen LogP contribution >= 0.6 is 0 Å². The van der Waals surface area contributed by atoms with Crippen LogP contribution in [-0.2, 0) is 25.9 Å². The molecule has 0 amide bonds. The lowest BCUT2D eigenvalue weighted by atomic mass is 9.75. The molecule has 7 heteroatoms. The second-order valence-electron chi connectivity index (χ2n) is 9.31. The first-order chi connectivity index (χ1) is 18.0. The van der Waals surface area contributed by atoms with Crippen LogP contribution in [0.4, 0.5) is 0 Å². The Labute approximate surface area is 218 Å². The van der Waals surface area contributed by atoms with E-state index in [1.165, 1.54) is 14.2 Å². The third-order valence-electron chi connectivity index (χ3n) is 7.37. The van der Waals surface area contributed by atoms with E-state index in [0.717, 1.165) is 33.8 Å². The Morgan fingerprint density at radius 2 is 1.62 bits per heavy atom. The predicted octanol–water partition coefficient (Wildman–Crippen LogP) is 5.44. The van der Waals surface area contributed by atoms with Gasteiger partial charge in [-0.15, -0.1) is 0 Å². The number of hydrogen-bond donors (Lipinski definition) is 0. The van der Waals surface area contributed by atoms with Crippen molar-refractivity contribution in [3.63, 3.8) is 0 Å². The minimum atomic E-state index is -1.02. The van der Waals surface area contributed by atoms with Crippen LogP contribution in [0.15, 0.2) is 72.8 Å². The molecule has 1 aliphatic rings. The highest BCUT2D eigenvalue weighted by atomic mass is 17.2. The van der Waals surface area contributed by atoms with Crippen molar-refractivity contribution in [2.75, 3.05) is 35.0 Å². The number of likely N-dealkylation sites (tertiary alicyclic amines) is 1. The molecule has 1 heterocycles. The van der Waals surface area contributed by atoms with Gasteiger partial charge in [-0.1, -0.05) is 54.6 Å². The van der Waals surface area contributed by atoms with Crippen LogP contribution in [0.1, 0.15) is 40.8 Å². The van der Waals surface area contributed by atoms with E-state index in [0.29, 0.717) is 13.0 Å². The Balaban J connectivity index is 1.94. The SMILES string of the molecule is COOCC1(C(=O)OC)C[C@H](c2ccc(OC)cc2)N(Cc2ccccc2OC)[C@@H]1c1ccccc1C. The summed E-state index contributed by atoms with van der Waals surface area (Å²) in [4.78, 5) is 26.6. The van der Waals surface area contributed by atoms with Crippen LogP contribution in [0.2, 0.25) is 0 Å². The van der Waals surface area contributed by atoms with Crippen LogP contribution in [0, 0.1) is 12.3 Å². The first kappa shape index (κ1) is 26.7. The first-order valence-corrected chi connectivity index (χ1v) is 12.3. The average molecular weight is 506 g/mol. The molecule has 7 nitrogen and oxygen atoms in total. The van der Waals surface area contributed by atoms with Crippen LogP contribution in [0.25, 0.3) is 0 Å². The maximum absolute atomic E-state index is 13.7. The molecule has 0 saturated carbocycles. The Bertz CT molecular complexity index is 1200. The molecule has 1 fully saturated rings. The number of para-hydroxylation sites is 1. The lowest BCUT2D eigenvalue weighted by Gasteiger charge is -2.37. The maximum Gasteiger partial charge on any atom is 0.316 e. The summed E-state index contributed by atoms with van der Waals surface area (Å²) in [5.41, 5.74) is 3.19. The van der Waals surface area contributed by atoms with Gasteiger partial charge in [-0.05, 0) is 48.2 Å². The van der Waals surface area contributed by atoms with Crippen LogP contribution in [0.5, 0.6) is 11.5 Å².